The van der Waals surface area contributed by atoms with E-state index in [0.29, 0.717) is 0 Å². The molecule has 591 valence electrons. The van der Waals surface area contributed by atoms with Crippen LogP contribution in [0.4, 0.5) is 34.1 Å². The Morgan fingerprint density at radius 3 is 0.960 bits per heavy atom. The molecule has 0 amide bonds. The van der Waals surface area contributed by atoms with Gasteiger partial charge in [-0.3, -0.25) is 0 Å². The van der Waals surface area contributed by atoms with Gasteiger partial charge in [0.1, 0.15) is 22.3 Å². The third-order valence-electron chi connectivity index (χ3n) is 25.1. The number of furan rings is 2. The Labute approximate surface area is 726 Å². The summed E-state index contributed by atoms with van der Waals surface area (Å²) in [5.74, 6) is 0. The molecular formula is C114H81BBrN4O4. The van der Waals surface area contributed by atoms with Gasteiger partial charge in [-0.1, -0.05) is 282 Å². The summed E-state index contributed by atoms with van der Waals surface area (Å²) in [5.41, 5.74) is 28.5. The van der Waals surface area contributed by atoms with Crippen molar-refractivity contribution < 1.29 is 18.6 Å². The van der Waals surface area contributed by atoms with E-state index >= 15 is 0 Å². The van der Waals surface area contributed by atoms with E-state index in [0.717, 1.165) is 110 Å². The quantitative estimate of drug-likeness (QED) is 0.103. The van der Waals surface area contributed by atoms with E-state index < -0.39 is 11.2 Å². The van der Waals surface area contributed by atoms with Gasteiger partial charge in [-0.2, -0.15) is 0 Å². The molecule has 0 aliphatic heterocycles. The van der Waals surface area contributed by atoms with E-state index in [1.54, 1.807) is 21.3 Å². The number of rotatable bonds is 15. The number of aromatic nitrogens is 2. The van der Waals surface area contributed by atoms with Gasteiger partial charge in [0.25, 0.3) is 0 Å². The van der Waals surface area contributed by atoms with Crippen molar-refractivity contribution in [2.24, 2.45) is 0 Å². The molecule has 8 nitrogen and oxygen atoms in total. The van der Waals surface area contributed by atoms with Crippen molar-refractivity contribution in [1.29, 1.82) is 0 Å². The first kappa shape index (κ1) is 75.4. The SMILES string of the molecule is Brc1ccc2c(c1)c1cccc3c4ccccc4n2c31.CC(C)(O)C(C)(C)O[B]c1ccc(N(c2ccc(-c3ccccc3)cc2)c2ccc(-c3ccc4c(c3)oc3ccccc34)cc2)cc1.c1ccc(-c2ccc(N(c3ccc(-c4ccc5c(c4)oc4ccccc45)cc3)c3ccc(-c4ccc5c(c4)c4cccc6c7ccccc7n5c64)cc3)cc2)cc1. The van der Waals surface area contributed by atoms with Crippen LogP contribution in [-0.2, 0) is 4.65 Å². The van der Waals surface area contributed by atoms with Crippen LogP contribution >= 0.6 is 15.9 Å². The van der Waals surface area contributed by atoms with Crippen molar-refractivity contribution >= 4 is 183 Å². The molecule has 0 aliphatic rings. The highest BCUT2D eigenvalue weighted by molar-refractivity contribution is 9.10. The molecule has 0 bridgehead atoms. The van der Waals surface area contributed by atoms with Crippen LogP contribution < -0.4 is 15.3 Å². The number of para-hydroxylation sites is 6. The number of anilines is 6. The minimum Gasteiger partial charge on any atom is -0.456 e. The van der Waals surface area contributed by atoms with Crippen LogP contribution in [-0.4, -0.2) is 32.6 Å². The smallest absolute Gasteiger partial charge is 0.330 e. The number of aliphatic hydroxyl groups is 1. The molecule has 6 heterocycles. The van der Waals surface area contributed by atoms with Crippen LogP contribution in [0.3, 0.4) is 0 Å². The summed E-state index contributed by atoms with van der Waals surface area (Å²) in [4.78, 5) is 4.60. The normalized spacial score (nSPS) is 12.0. The van der Waals surface area contributed by atoms with Crippen LogP contribution in [0.2, 0.25) is 0 Å². The summed E-state index contributed by atoms with van der Waals surface area (Å²) in [6.45, 7) is 7.29. The van der Waals surface area contributed by atoms with Gasteiger partial charge in [0.05, 0.1) is 44.3 Å². The van der Waals surface area contributed by atoms with Crippen molar-refractivity contribution in [1.82, 2.24) is 8.80 Å². The standard InChI is InChI=1S/C54H34N2O.C42H37BNO3.C18H10BrN/c1-2-9-35(10-3-1)36-17-25-41(26-18-36)55(43-29-21-38(22-30-43)40-23-31-46-45-12-5-7-16-52(45)57-53(46)34-40)42-27-19-37(20-28-42)39-24-32-51-49(33-39)48-14-8-13-47-44-11-4-6-15-50(44)56(51)54(47)48;1-41(2,45)42(3,4)47-43-33-19-25-36(26-20-33)44(34-21-14-30(15-22-34)29-10-6-5-7-11-29)35-23-16-31(17-24-35)32-18-27-38-37-12-8-9-13-39(37)46-40(38)28-32;19-11-8-9-17-15(10-11)14-6-3-5-13-12-4-1-2-7-16(12)20(17)18(13)14/h1-34H;5-28,45H,1-4H3;1-10H. The lowest BCUT2D eigenvalue weighted by molar-refractivity contribution is -0.0893. The molecule has 18 aromatic carbocycles. The molecule has 0 spiro atoms. The molecule has 0 fully saturated rings. The Morgan fingerprint density at radius 2 is 0.548 bits per heavy atom. The fourth-order valence-electron chi connectivity index (χ4n) is 18.1. The molecule has 0 saturated carbocycles. The molecule has 24 aromatic rings. The third kappa shape index (κ3) is 13.4. The number of fused-ring (bicyclic) bond motifs is 18. The maximum absolute atomic E-state index is 10.5. The molecular weight excluding hydrogens is 1580 g/mol. The lowest BCUT2D eigenvalue weighted by atomic mass is 9.82. The minimum absolute atomic E-state index is 0.741. The molecule has 0 saturated heterocycles. The van der Waals surface area contributed by atoms with Crippen molar-refractivity contribution in [3.8, 4) is 55.6 Å². The average molecular weight is 1660 g/mol. The molecule has 0 unspecified atom stereocenters. The van der Waals surface area contributed by atoms with Gasteiger partial charge in [0, 0.05) is 103 Å². The van der Waals surface area contributed by atoms with E-state index in [9.17, 15) is 5.11 Å². The van der Waals surface area contributed by atoms with E-state index in [2.05, 4.69) is 399 Å². The van der Waals surface area contributed by atoms with Crippen molar-refractivity contribution in [3.05, 3.63) is 417 Å². The van der Waals surface area contributed by atoms with Crippen molar-refractivity contribution in [2.75, 3.05) is 9.80 Å². The number of benzene rings is 18. The Bertz CT molecular complexity index is 8100. The highest BCUT2D eigenvalue weighted by Gasteiger charge is 2.36. The van der Waals surface area contributed by atoms with Gasteiger partial charge >= 0.3 is 7.48 Å². The van der Waals surface area contributed by atoms with Gasteiger partial charge < -0.3 is 37.2 Å². The Hall–Kier alpha value is -14.8. The summed E-state index contributed by atoms with van der Waals surface area (Å²) in [7, 11) is 1.72. The predicted octanol–water partition coefficient (Wildman–Crippen LogP) is 31.0. The van der Waals surface area contributed by atoms with Crippen LogP contribution in [0.1, 0.15) is 27.7 Å². The average Bonchev–Trinajstić information content (AvgIpc) is 1.55. The zero-order chi connectivity index (χ0) is 83.3. The molecule has 124 heavy (non-hydrogen) atoms. The van der Waals surface area contributed by atoms with Gasteiger partial charge in [0.2, 0.25) is 0 Å². The van der Waals surface area contributed by atoms with Crippen molar-refractivity contribution in [2.45, 2.75) is 38.9 Å². The summed E-state index contributed by atoms with van der Waals surface area (Å²) >= 11 is 3.59. The molecule has 0 atom stereocenters. The Balaban J connectivity index is 0.000000122. The zero-order valence-corrected chi connectivity index (χ0v) is 70.3. The number of halogens is 1. The molecule has 6 aromatic heterocycles. The second-order valence-electron chi connectivity index (χ2n) is 33.2. The van der Waals surface area contributed by atoms with Gasteiger partial charge in [-0.05, 0) is 235 Å². The second-order valence-corrected chi connectivity index (χ2v) is 34.1. The van der Waals surface area contributed by atoms with Crippen LogP contribution in [0.25, 0.3) is 176 Å². The molecule has 1 N–H and O–H groups in total. The van der Waals surface area contributed by atoms with Gasteiger partial charge in [-0.15, -0.1) is 0 Å². The Morgan fingerprint density at radius 1 is 0.258 bits per heavy atom. The van der Waals surface area contributed by atoms with Crippen LogP contribution in [0.5, 0.6) is 0 Å². The van der Waals surface area contributed by atoms with Crippen LogP contribution in [0.15, 0.2) is 426 Å². The fourth-order valence-corrected chi connectivity index (χ4v) is 18.4. The molecule has 10 heteroatoms. The van der Waals surface area contributed by atoms with Gasteiger partial charge in [-0.25, -0.2) is 0 Å². The second kappa shape index (κ2) is 30.7. The minimum atomic E-state index is -0.990. The summed E-state index contributed by atoms with van der Waals surface area (Å²) in [5, 5.41) is 25.5. The molecule has 1 radical (unpaired) electrons. The van der Waals surface area contributed by atoms with E-state index in [4.69, 9.17) is 13.5 Å². The topological polar surface area (TPSA) is 71.0 Å². The molecule has 0 aliphatic carbocycles. The van der Waals surface area contributed by atoms with E-state index in [-0.39, 0.29) is 0 Å². The number of hydrogen-bond donors (Lipinski definition) is 1. The van der Waals surface area contributed by atoms with Crippen molar-refractivity contribution in [3.63, 3.8) is 0 Å². The lowest BCUT2D eigenvalue weighted by Crippen LogP contribution is -2.49. The fraction of sp³-hybridized carbons (Fsp3) is 0.0526. The van der Waals surface area contributed by atoms with Crippen LogP contribution in [0, 0.1) is 0 Å². The lowest BCUT2D eigenvalue weighted by Gasteiger charge is -2.37. The van der Waals surface area contributed by atoms with E-state index in [1.165, 1.54) is 110 Å². The Kier molecular flexibility index (Phi) is 18.7. The third-order valence-corrected chi connectivity index (χ3v) is 25.6. The molecule has 24 rings (SSSR count). The first-order chi connectivity index (χ1) is 60.8. The predicted molar refractivity (Wildman–Crippen MR) is 524 cm³/mol. The monoisotopic (exact) mass is 1660 g/mol. The highest BCUT2D eigenvalue weighted by Crippen LogP contribution is 2.46. The zero-order valence-electron chi connectivity index (χ0n) is 68.7. The summed E-state index contributed by atoms with van der Waals surface area (Å²) in [6, 6.07) is 147. The first-order valence-corrected chi connectivity index (χ1v) is 42.9. The summed E-state index contributed by atoms with van der Waals surface area (Å²) < 4.78 is 24.4. The van der Waals surface area contributed by atoms with Gasteiger partial charge in [0.15, 0.2) is 0 Å². The van der Waals surface area contributed by atoms with E-state index in [1.807, 2.05) is 62.4 Å². The summed E-state index contributed by atoms with van der Waals surface area (Å²) in [6.07, 6.45) is 0. The maximum atomic E-state index is 10.5. The maximum Gasteiger partial charge on any atom is 0.330 e. The number of hydrogen-bond acceptors (Lipinski definition) is 6. The first-order valence-electron chi connectivity index (χ1n) is 42.1. The largest absolute Gasteiger partial charge is 0.456 e. The number of nitrogens with zero attached hydrogens (tertiary/aromatic N) is 4. The highest BCUT2D eigenvalue weighted by atomic mass is 79.9.